The Bertz CT molecular complexity index is 300. The number of carbonyl (C=O) groups excluding carboxylic acids is 1. The van der Waals surface area contributed by atoms with E-state index in [1.807, 2.05) is 18.2 Å². The summed E-state index contributed by atoms with van der Waals surface area (Å²) >= 11 is 5.30. The Balaban J connectivity index is 2.69. The molecule has 0 aliphatic carbocycles. The van der Waals surface area contributed by atoms with Gasteiger partial charge in [-0.1, -0.05) is 18.2 Å². The van der Waals surface area contributed by atoms with Gasteiger partial charge >= 0.3 is 0 Å². The lowest BCUT2D eigenvalue weighted by atomic mass is 10.1. The Labute approximate surface area is 83.0 Å². The largest absolute Gasteiger partial charge is 0.276 e. The van der Waals surface area contributed by atoms with Gasteiger partial charge in [0.2, 0.25) is 0 Å². The number of carbonyl (C=O) groups is 1. The molecule has 68 valence electrons. The molecule has 0 unspecified atom stereocenters. The fraction of sp³-hybridized carbons (Fsp3) is 0.182. The molecule has 0 aliphatic heterocycles. The third-order valence-corrected chi connectivity index (χ3v) is 2.04. The van der Waals surface area contributed by atoms with Gasteiger partial charge in [0, 0.05) is 5.56 Å². The van der Waals surface area contributed by atoms with Crippen LogP contribution in [0.2, 0.25) is 0 Å². The van der Waals surface area contributed by atoms with Gasteiger partial charge in [0.1, 0.15) is 0 Å². The number of hydrogen-bond donors (Lipinski definition) is 0. The lowest BCUT2D eigenvalue weighted by molar-refractivity contribution is 0.108. The van der Waals surface area contributed by atoms with Crippen molar-refractivity contribution < 1.29 is 4.79 Å². The fourth-order valence-electron chi connectivity index (χ4n) is 1.07. The summed E-state index contributed by atoms with van der Waals surface area (Å²) in [5, 5.41) is -0.407. The van der Waals surface area contributed by atoms with Gasteiger partial charge in [0.25, 0.3) is 5.24 Å². The monoisotopic (exact) mass is 194 g/mol. The molecule has 0 bridgehead atoms. The first-order valence-corrected chi connectivity index (χ1v) is 4.51. The Morgan fingerprint density at radius 2 is 2.00 bits per heavy atom. The van der Waals surface area contributed by atoms with E-state index in [1.165, 1.54) is 5.56 Å². The molecule has 1 nitrogen and oxygen atoms in total. The van der Waals surface area contributed by atoms with E-state index in [2.05, 4.69) is 6.58 Å². The maximum atomic E-state index is 10.7. The van der Waals surface area contributed by atoms with E-state index in [-0.39, 0.29) is 0 Å². The number of halogens is 1. The maximum Gasteiger partial charge on any atom is 0.252 e. The number of rotatable bonds is 4. The second-order valence-corrected chi connectivity index (χ2v) is 3.14. The van der Waals surface area contributed by atoms with Gasteiger partial charge < -0.3 is 0 Å². The van der Waals surface area contributed by atoms with Crippen LogP contribution in [0.4, 0.5) is 0 Å². The highest BCUT2D eigenvalue weighted by atomic mass is 35.5. The normalized spacial score (nSPS) is 9.62. The Morgan fingerprint density at radius 3 is 2.46 bits per heavy atom. The molecule has 0 aromatic heterocycles. The molecule has 0 saturated heterocycles. The van der Waals surface area contributed by atoms with Gasteiger partial charge in [-0.2, -0.15) is 0 Å². The van der Waals surface area contributed by atoms with Crippen LogP contribution in [0.5, 0.6) is 0 Å². The summed E-state index contributed by atoms with van der Waals surface area (Å²) in [7, 11) is 0. The zero-order valence-electron chi connectivity index (χ0n) is 7.29. The predicted octanol–water partition coefficient (Wildman–Crippen LogP) is 3.18. The smallest absolute Gasteiger partial charge is 0.252 e. The van der Waals surface area contributed by atoms with Gasteiger partial charge in [-0.15, -0.1) is 6.58 Å². The van der Waals surface area contributed by atoms with Crippen LogP contribution < -0.4 is 0 Å². The van der Waals surface area contributed by atoms with E-state index in [0.29, 0.717) is 5.56 Å². The standard InChI is InChI=1S/C11H11ClO/c1-2-3-4-9-5-7-10(8-6-9)11(12)13/h2,5-8H,1,3-4H2. The van der Waals surface area contributed by atoms with E-state index in [1.54, 1.807) is 12.1 Å². The minimum absolute atomic E-state index is 0.407. The molecule has 0 aliphatic rings. The number of benzene rings is 1. The van der Waals surface area contributed by atoms with Crippen LogP contribution in [0.25, 0.3) is 0 Å². The van der Waals surface area contributed by atoms with Gasteiger partial charge in [-0.05, 0) is 42.1 Å². The quantitative estimate of drug-likeness (QED) is 0.532. The van der Waals surface area contributed by atoms with Crippen molar-refractivity contribution in [3.63, 3.8) is 0 Å². The molecule has 0 atom stereocenters. The molecule has 1 rings (SSSR count). The van der Waals surface area contributed by atoms with Crippen molar-refractivity contribution in [2.45, 2.75) is 12.8 Å². The number of hydrogen-bond acceptors (Lipinski definition) is 1. The molecule has 0 N–H and O–H groups in total. The molecule has 0 radical (unpaired) electrons. The van der Waals surface area contributed by atoms with E-state index in [4.69, 9.17) is 11.6 Å². The summed E-state index contributed by atoms with van der Waals surface area (Å²) in [6, 6.07) is 7.32. The van der Waals surface area contributed by atoms with Crippen LogP contribution in [-0.2, 0) is 6.42 Å². The zero-order chi connectivity index (χ0) is 9.68. The lowest BCUT2D eigenvalue weighted by Crippen LogP contribution is -1.89. The summed E-state index contributed by atoms with van der Waals surface area (Å²) in [5.41, 5.74) is 1.74. The average Bonchev–Trinajstić information content (AvgIpc) is 2.15. The van der Waals surface area contributed by atoms with Crippen molar-refractivity contribution >= 4 is 16.8 Å². The van der Waals surface area contributed by atoms with Crippen LogP contribution in [0.1, 0.15) is 22.3 Å². The van der Waals surface area contributed by atoms with Crippen molar-refractivity contribution in [2.24, 2.45) is 0 Å². The number of allylic oxidation sites excluding steroid dienone is 1. The van der Waals surface area contributed by atoms with Gasteiger partial charge in [0.05, 0.1) is 0 Å². The Kier molecular flexibility index (Phi) is 3.71. The van der Waals surface area contributed by atoms with Gasteiger partial charge in [0.15, 0.2) is 0 Å². The number of aryl methyl sites for hydroxylation is 1. The minimum Gasteiger partial charge on any atom is -0.276 e. The molecule has 0 fully saturated rings. The summed E-state index contributed by atoms with van der Waals surface area (Å²) in [6.07, 6.45) is 3.79. The second-order valence-electron chi connectivity index (χ2n) is 2.80. The topological polar surface area (TPSA) is 17.1 Å². The van der Waals surface area contributed by atoms with Crippen molar-refractivity contribution in [2.75, 3.05) is 0 Å². The highest BCUT2D eigenvalue weighted by Gasteiger charge is 1.99. The third-order valence-electron chi connectivity index (χ3n) is 1.82. The average molecular weight is 195 g/mol. The summed E-state index contributed by atoms with van der Waals surface area (Å²) in [6.45, 7) is 3.65. The van der Waals surface area contributed by atoms with Crippen molar-refractivity contribution in [3.8, 4) is 0 Å². The van der Waals surface area contributed by atoms with Crippen molar-refractivity contribution in [1.82, 2.24) is 0 Å². The SMILES string of the molecule is C=CCCc1ccc(C(=O)Cl)cc1. The molecule has 0 amide bonds. The van der Waals surface area contributed by atoms with E-state index >= 15 is 0 Å². The molecular weight excluding hydrogens is 184 g/mol. The Morgan fingerprint density at radius 1 is 1.38 bits per heavy atom. The van der Waals surface area contributed by atoms with Gasteiger partial charge in [-0.25, -0.2) is 0 Å². The predicted molar refractivity (Wildman–Crippen MR) is 55.1 cm³/mol. The second kappa shape index (κ2) is 4.83. The van der Waals surface area contributed by atoms with Crippen LogP contribution in [0, 0.1) is 0 Å². The van der Waals surface area contributed by atoms with Crippen LogP contribution in [-0.4, -0.2) is 5.24 Å². The Hall–Kier alpha value is -1.08. The molecular formula is C11H11ClO. The fourth-order valence-corrected chi connectivity index (χ4v) is 1.20. The summed E-state index contributed by atoms with van der Waals surface area (Å²) < 4.78 is 0. The van der Waals surface area contributed by atoms with Crippen molar-refractivity contribution in [1.29, 1.82) is 0 Å². The molecule has 2 heteroatoms. The van der Waals surface area contributed by atoms with E-state index in [0.717, 1.165) is 12.8 Å². The first-order valence-electron chi connectivity index (χ1n) is 4.13. The third kappa shape index (κ3) is 3.03. The molecule has 0 spiro atoms. The summed E-state index contributed by atoms with van der Waals surface area (Å²) in [5.74, 6) is 0. The van der Waals surface area contributed by atoms with E-state index in [9.17, 15) is 4.79 Å². The molecule has 13 heavy (non-hydrogen) atoms. The van der Waals surface area contributed by atoms with E-state index < -0.39 is 5.24 Å². The molecule has 1 aromatic carbocycles. The highest BCUT2D eigenvalue weighted by molar-refractivity contribution is 6.67. The lowest BCUT2D eigenvalue weighted by Gasteiger charge is -1.98. The van der Waals surface area contributed by atoms with Gasteiger partial charge in [-0.3, -0.25) is 4.79 Å². The van der Waals surface area contributed by atoms with Crippen LogP contribution in [0.3, 0.4) is 0 Å². The highest BCUT2D eigenvalue weighted by Crippen LogP contribution is 2.08. The molecule has 1 aromatic rings. The minimum atomic E-state index is -0.407. The maximum absolute atomic E-state index is 10.7. The van der Waals surface area contributed by atoms with Crippen molar-refractivity contribution in [3.05, 3.63) is 48.0 Å². The molecule has 0 saturated carbocycles. The summed E-state index contributed by atoms with van der Waals surface area (Å²) in [4.78, 5) is 10.7. The zero-order valence-corrected chi connectivity index (χ0v) is 8.05. The first-order chi connectivity index (χ1) is 6.24. The van der Waals surface area contributed by atoms with Crippen LogP contribution >= 0.6 is 11.6 Å². The first kappa shape index (κ1) is 10.0. The van der Waals surface area contributed by atoms with Crippen LogP contribution in [0.15, 0.2) is 36.9 Å². The molecule has 0 heterocycles.